The lowest BCUT2D eigenvalue weighted by atomic mass is 9.76. The Balaban J connectivity index is 1.98. The van der Waals surface area contributed by atoms with Gasteiger partial charge in [0, 0.05) is 19.6 Å². The van der Waals surface area contributed by atoms with Crippen LogP contribution in [0.25, 0.3) is 0 Å². The molecule has 1 saturated carbocycles. The molecule has 0 spiro atoms. The van der Waals surface area contributed by atoms with E-state index in [2.05, 4.69) is 5.32 Å². The average molecular weight is 227 g/mol. The van der Waals surface area contributed by atoms with Crippen molar-refractivity contribution in [3.8, 4) is 0 Å². The highest BCUT2D eigenvalue weighted by molar-refractivity contribution is 4.97. The molecule has 16 heavy (non-hydrogen) atoms. The van der Waals surface area contributed by atoms with Gasteiger partial charge in [-0.1, -0.05) is 12.8 Å². The van der Waals surface area contributed by atoms with Crippen LogP contribution in [0.2, 0.25) is 0 Å². The molecule has 1 saturated heterocycles. The molecule has 2 aliphatic rings. The molecule has 2 rings (SSSR count). The summed E-state index contributed by atoms with van der Waals surface area (Å²) >= 11 is 0. The number of ether oxygens (including phenoxy) is 1. The van der Waals surface area contributed by atoms with Crippen LogP contribution in [0.1, 0.15) is 51.4 Å². The second kappa shape index (κ2) is 5.48. The van der Waals surface area contributed by atoms with Gasteiger partial charge >= 0.3 is 0 Å². The van der Waals surface area contributed by atoms with Crippen molar-refractivity contribution in [1.82, 2.24) is 5.32 Å². The zero-order chi connectivity index (χ0) is 11.4. The molecule has 0 aromatic carbocycles. The lowest BCUT2D eigenvalue weighted by molar-refractivity contribution is -0.0810. The first-order valence-electron chi connectivity index (χ1n) is 6.73. The molecule has 2 N–H and O–H groups in total. The van der Waals surface area contributed by atoms with Gasteiger partial charge in [0.05, 0.1) is 11.7 Å². The third-order valence-corrected chi connectivity index (χ3v) is 4.26. The molecule has 1 aliphatic carbocycles. The van der Waals surface area contributed by atoms with Crippen molar-refractivity contribution in [2.45, 2.75) is 69.1 Å². The van der Waals surface area contributed by atoms with E-state index in [4.69, 9.17) is 4.74 Å². The van der Waals surface area contributed by atoms with Gasteiger partial charge in [-0.2, -0.15) is 0 Å². The highest BCUT2D eigenvalue weighted by Gasteiger charge is 2.41. The van der Waals surface area contributed by atoms with Gasteiger partial charge in [-0.25, -0.2) is 0 Å². The second-order valence-electron chi connectivity index (χ2n) is 5.41. The van der Waals surface area contributed by atoms with Crippen molar-refractivity contribution in [3.63, 3.8) is 0 Å². The highest BCUT2D eigenvalue weighted by atomic mass is 16.5. The smallest absolute Gasteiger partial charge is 0.0824 e. The summed E-state index contributed by atoms with van der Waals surface area (Å²) in [5.74, 6) is 0. The van der Waals surface area contributed by atoms with Gasteiger partial charge in [0.1, 0.15) is 0 Å². The van der Waals surface area contributed by atoms with Crippen LogP contribution in [0.3, 0.4) is 0 Å². The molecule has 0 aromatic heterocycles. The number of nitrogens with one attached hydrogen (secondary N) is 1. The normalized spacial score (nSPS) is 41.6. The van der Waals surface area contributed by atoms with Gasteiger partial charge in [0.2, 0.25) is 0 Å². The van der Waals surface area contributed by atoms with E-state index < -0.39 is 5.60 Å². The predicted octanol–water partition coefficient (Wildman–Crippen LogP) is 1.84. The van der Waals surface area contributed by atoms with Crippen molar-refractivity contribution < 1.29 is 9.84 Å². The van der Waals surface area contributed by atoms with Crippen LogP contribution in [0.5, 0.6) is 0 Å². The first-order valence-corrected chi connectivity index (χ1v) is 6.73. The monoisotopic (exact) mass is 227 g/mol. The molecule has 3 nitrogen and oxygen atoms in total. The summed E-state index contributed by atoms with van der Waals surface area (Å²) in [5.41, 5.74) is -0.525. The number of methoxy groups -OCH3 is 1. The van der Waals surface area contributed by atoms with Crippen molar-refractivity contribution in [2.75, 3.05) is 13.7 Å². The van der Waals surface area contributed by atoms with Crippen molar-refractivity contribution >= 4 is 0 Å². The maximum Gasteiger partial charge on any atom is 0.0824 e. The first-order chi connectivity index (χ1) is 7.74. The van der Waals surface area contributed by atoms with Gasteiger partial charge < -0.3 is 15.2 Å². The maximum atomic E-state index is 10.8. The molecule has 2 fully saturated rings. The van der Waals surface area contributed by atoms with E-state index >= 15 is 0 Å². The van der Waals surface area contributed by atoms with E-state index in [1.165, 1.54) is 19.3 Å². The molecule has 0 aromatic rings. The van der Waals surface area contributed by atoms with Crippen molar-refractivity contribution in [1.29, 1.82) is 0 Å². The van der Waals surface area contributed by atoms with Crippen LogP contribution in [0.15, 0.2) is 0 Å². The Morgan fingerprint density at radius 3 is 2.88 bits per heavy atom. The molecule has 3 unspecified atom stereocenters. The van der Waals surface area contributed by atoms with E-state index in [0.29, 0.717) is 0 Å². The summed E-state index contributed by atoms with van der Waals surface area (Å²) in [7, 11) is 1.76. The molecule has 3 atom stereocenters. The van der Waals surface area contributed by atoms with Gasteiger partial charge in [-0.05, 0) is 38.6 Å². The largest absolute Gasteiger partial charge is 0.388 e. The van der Waals surface area contributed by atoms with E-state index in [1.54, 1.807) is 7.11 Å². The summed E-state index contributed by atoms with van der Waals surface area (Å²) < 4.78 is 5.42. The number of rotatable bonds is 2. The molecule has 1 heterocycles. The van der Waals surface area contributed by atoms with Crippen molar-refractivity contribution in [3.05, 3.63) is 0 Å². The minimum atomic E-state index is -0.525. The van der Waals surface area contributed by atoms with Crippen LogP contribution in [0.4, 0.5) is 0 Å². The molecular weight excluding hydrogens is 202 g/mol. The molecule has 0 amide bonds. The fourth-order valence-corrected chi connectivity index (χ4v) is 3.24. The van der Waals surface area contributed by atoms with Crippen LogP contribution >= 0.6 is 0 Å². The van der Waals surface area contributed by atoms with Gasteiger partial charge in [-0.15, -0.1) is 0 Å². The third-order valence-electron chi connectivity index (χ3n) is 4.26. The Morgan fingerprint density at radius 2 is 2.06 bits per heavy atom. The Bertz CT molecular complexity index is 214. The van der Waals surface area contributed by atoms with Crippen LogP contribution in [0, 0.1) is 0 Å². The number of hydrogen-bond donors (Lipinski definition) is 2. The summed E-state index contributed by atoms with van der Waals surface area (Å²) in [6, 6.07) is 0.285. The Kier molecular flexibility index (Phi) is 4.22. The predicted molar refractivity (Wildman–Crippen MR) is 64.5 cm³/mol. The van der Waals surface area contributed by atoms with Crippen LogP contribution in [-0.2, 0) is 4.74 Å². The number of hydrogen-bond acceptors (Lipinski definition) is 3. The van der Waals surface area contributed by atoms with E-state index in [0.717, 1.165) is 38.6 Å². The van der Waals surface area contributed by atoms with E-state index in [1.807, 2.05) is 0 Å². The van der Waals surface area contributed by atoms with Crippen molar-refractivity contribution in [2.24, 2.45) is 0 Å². The lowest BCUT2D eigenvalue weighted by Gasteiger charge is -2.42. The highest BCUT2D eigenvalue weighted by Crippen LogP contribution is 2.34. The summed E-state index contributed by atoms with van der Waals surface area (Å²) in [4.78, 5) is 0. The first kappa shape index (κ1) is 12.3. The quantitative estimate of drug-likeness (QED) is 0.756. The minimum Gasteiger partial charge on any atom is -0.388 e. The Hall–Kier alpha value is -0.120. The van der Waals surface area contributed by atoms with E-state index in [-0.39, 0.29) is 12.1 Å². The topological polar surface area (TPSA) is 41.5 Å². The second-order valence-corrected chi connectivity index (χ2v) is 5.41. The molecule has 0 radical (unpaired) electrons. The standard InChI is InChI=1S/C13H25NO2/c1-16-11-6-5-8-13(15,10-11)12-7-3-2-4-9-14-12/h11-12,14-15H,2-10H2,1H3. The average Bonchev–Trinajstić information content (AvgIpc) is 2.58. The van der Waals surface area contributed by atoms with Gasteiger partial charge in [0.25, 0.3) is 0 Å². The van der Waals surface area contributed by atoms with E-state index in [9.17, 15) is 5.11 Å². The van der Waals surface area contributed by atoms with Crippen LogP contribution < -0.4 is 5.32 Å². The van der Waals surface area contributed by atoms with Gasteiger partial charge in [-0.3, -0.25) is 0 Å². The molecule has 94 valence electrons. The summed E-state index contributed by atoms with van der Waals surface area (Å²) in [5, 5.41) is 14.3. The summed E-state index contributed by atoms with van der Waals surface area (Å²) in [6.45, 7) is 1.06. The lowest BCUT2D eigenvalue weighted by Crippen LogP contribution is -2.54. The zero-order valence-electron chi connectivity index (χ0n) is 10.4. The fourth-order valence-electron chi connectivity index (χ4n) is 3.24. The zero-order valence-corrected chi connectivity index (χ0v) is 10.4. The summed E-state index contributed by atoms with van der Waals surface area (Å²) in [6.07, 6.45) is 9.10. The SMILES string of the molecule is COC1CCCC(O)(C2CCCCCN2)C1. The fraction of sp³-hybridized carbons (Fsp3) is 1.00. The minimum absolute atomic E-state index is 0.254. The Morgan fingerprint density at radius 1 is 1.19 bits per heavy atom. The van der Waals surface area contributed by atoms with Gasteiger partial charge in [0.15, 0.2) is 0 Å². The molecule has 0 bridgehead atoms. The molecular formula is C13H25NO2. The number of aliphatic hydroxyl groups is 1. The third kappa shape index (κ3) is 2.76. The maximum absolute atomic E-state index is 10.8. The van der Waals surface area contributed by atoms with Crippen LogP contribution in [-0.4, -0.2) is 36.5 Å². The molecule has 1 aliphatic heterocycles. The molecule has 3 heteroatoms. The Labute approximate surface area is 98.6 Å².